The summed E-state index contributed by atoms with van der Waals surface area (Å²) < 4.78 is 4.65. The largest absolute Gasteiger partial charge is 0.465 e. The Labute approximate surface area is 124 Å². The maximum atomic E-state index is 11.5. The van der Waals surface area contributed by atoms with Gasteiger partial charge in [0.2, 0.25) is 0 Å². The lowest BCUT2D eigenvalue weighted by molar-refractivity contribution is 0.0600. The quantitative estimate of drug-likeness (QED) is 0.864. The molecule has 0 unspecified atom stereocenters. The molecule has 0 aliphatic heterocycles. The first kappa shape index (κ1) is 15.4. The molecule has 1 aliphatic carbocycles. The van der Waals surface area contributed by atoms with Gasteiger partial charge in [-0.2, -0.15) is 0 Å². The van der Waals surface area contributed by atoms with E-state index < -0.39 is 6.09 Å². The molecule has 0 saturated heterocycles. The second-order valence-electron chi connectivity index (χ2n) is 5.39. The van der Waals surface area contributed by atoms with Gasteiger partial charge in [0.15, 0.2) is 0 Å². The molecule has 114 valence electrons. The molecule has 1 amide bonds. The number of hydrogen-bond donors (Lipinski definition) is 1. The fraction of sp³-hybridized carbons (Fsp3) is 0.500. The van der Waals surface area contributed by atoms with Gasteiger partial charge in [-0.05, 0) is 30.5 Å². The van der Waals surface area contributed by atoms with E-state index in [9.17, 15) is 14.7 Å². The van der Waals surface area contributed by atoms with Crippen LogP contribution in [0.3, 0.4) is 0 Å². The van der Waals surface area contributed by atoms with E-state index >= 15 is 0 Å². The molecule has 5 nitrogen and oxygen atoms in total. The van der Waals surface area contributed by atoms with Gasteiger partial charge in [0.05, 0.1) is 12.7 Å². The molecule has 1 fully saturated rings. The van der Waals surface area contributed by atoms with Crippen molar-refractivity contribution in [3.8, 4) is 0 Å². The first-order valence-electron chi connectivity index (χ1n) is 7.28. The van der Waals surface area contributed by atoms with Gasteiger partial charge in [-0.1, -0.05) is 31.4 Å². The second kappa shape index (κ2) is 7.11. The molecule has 0 bridgehead atoms. The predicted molar refractivity (Wildman–Crippen MR) is 78.2 cm³/mol. The molecule has 0 heterocycles. The molecule has 5 heteroatoms. The van der Waals surface area contributed by atoms with Crippen LogP contribution in [0.2, 0.25) is 0 Å². The molecule has 1 aromatic carbocycles. The first-order chi connectivity index (χ1) is 10.1. The number of benzene rings is 1. The molecular formula is C16H21NO4. The molecule has 0 atom stereocenters. The number of methoxy groups -OCH3 is 1. The van der Waals surface area contributed by atoms with Crippen LogP contribution in [0.25, 0.3) is 0 Å². The molecule has 21 heavy (non-hydrogen) atoms. The number of ether oxygens (including phenoxy) is 1. The van der Waals surface area contributed by atoms with Gasteiger partial charge in [-0.25, -0.2) is 9.59 Å². The highest BCUT2D eigenvalue weighted by Crippen LogP contribution is 2.24. The van der Waals surface area contributed by atoms with Crippen LogP contribution in [0, 0.1) is 0 Å². The summed E-state index contributed by atoms with van der Waals surface area (Å²) in [5.41, 5.74) is 1.36. The minimum absolute atomic E-state index is 0.108. The summed E-state index contributed by atoms with van der Waals surface area (Å²) >= 11 is 0. The minimum atomic E-state index is -0.876. The third-order valence-corrected chi connectivity index (χ3v) is 3.99. The number of rotatable bonds is 4. The number of nitrogens with zero attached hydrogens (tertiary/aromatic N) is 1. The van der Waals surface area contributed by atoms with Gasteiger partial charge in [0.25, 0.3) is 0 Å². The van der Waals surface area contributed by atoms with Gasteiger partial charge >= 0.3 is 12.1 Å². The van der Waals surface area contributed by atoms with Crippen molar-refractivity contribution < 1.29 is 19.4 Å². The normalized spacial score (nSPS) is 15.5. The summed E-state index contributed by atoms with van der Waals surface area (Å²) in [6.45, 7) is 0.363. The Balaban J connectivity index is 2.06. The molecular weight excluding hydrogens is 270 g/mol. The van der Waals surface area contributed by atoms with Crippen LogP contribution in [0.4, 0.5) is 4.79 Å². The van der Waals surface area contributed by atoms with Crippen molar-refractivity contribution in [1.82, 2.24) is 4.90 Å². The average Bonchev–Trinajstić information content (AvgIpc) is 2.53. The Morgan fingerprint density at radius 2 is 1.81 bits per heavy atom. The second-order valence-corrected chi connectivity index (χ2v) is 5.39. The van der Waals surface area contributed by atoms with Crippen LogP contribution in [-0.4, -0.2) is 35.2 Å². The van der Waals surface area contributed by atoms with E-state index in [0.717, 1.165) is 31.2 Å². The van der Waals surface area contributed by atoms with Crippen molar-refractivity contribution in [2.45, 2.75) is 44.7 Å². The van der Waals surface area contributed by atoms with E-state index in [1.54, 1.807) is 24.3 Å². The van der Waals surface area contributed by atoms with Crippen molar-refractivity contribution in [2.75, 3.05) is 7.11 Å². The van der Waals surface area contributed by atoms with Crippen molar-refractivity contribution in [1.29, 1.82) is 0 Å². The zero-order valence-electron chi connectivity index (χ0n) is 12.2. The van der Waals surface area contributed by atoms with Crippen LogP contribution in [0.1, 0.15) is 48.0 Å². The van der Waals surface area contributed by atoms with E-state index in [1.807, 2.05) is 0 Å². The van der Waals surface area contributed by atoms with E-state index in [2.05, 4.69) is 4.74 Å². The van der Waals surface area contributed by atoms with Gasteiger partial charge < -0.3 is 14.7 Å². The lowest BCUT2D eigenvalue weighted by atomic mass is 9.94. The number of carboxylic acid groups (broad SMARTS) is 1. The first-order valence-corrected chi connectivity index (χ1v) is 7.28. The van der Waals surface area contributed by atoms with Gasteiger partial charge in [0, 0.05) is 12.6 Å². The molecule has 1 aromatic rings. The minimum Gasteiger partial charge on any atom is -0.465 e. The van der Waals surface area contributed by atoms with Gasteiger partial charge in [-0.15, -0.1) is 0 Å². The van der Waals surface area contributed by atoms with Gasteiger partial charge in [-0.3, -0.25) is 0 Å². The fourth-order valence-corrected chi connectivity index (χ4v) is 2.81. The van der Waals surface area contributed by atoms with Crippen LogP contribution < -0.4 is 0 Å². The number of esters is 1. The predicted octanol–water partition coefficient (Wildman–Crippen LogP) is 3.29. The maximum absolute atomic E-state index is 11.5. The molecule has 0 spiro atoms. The number of carbonyl (C=O) groups excluding carboxylic acids is 1. The van der Waals surface area contributed by atoms with E-state index in [4.69, 9.17) is 0 Å². The van der Waals surface area contributed by atoms with Gasteiger partial charge in [0.1, 0.15) is 0 Å². The summed E-state index contributed by atoms with van der Waals surface area (Å²) in [4.78, 5) is 24.4. The molecule has 1 aliphatic rings. The van der Waals surface area contributed by atoms with Crippen LogP contribution >= 0.6 is 0 Å². The fourth-order valence-electron chi connectivity index (χ4n) is 2.81. The van der Waals surface area contributed by atoms with Crippen molar-refractivity contribution in [3.63, 3.8) is 0 Å². The Morgan fingerprint density at radius 3 is 2.33 bits per heavy atom. The van der Waals surface area contributed by atoms with E-state index in [1.165, 1.54) is 18.4 Å². The standard InChI is InChI=1S/C16H21NO4/c1-21-15(18)13-9-7-12(8-10-13)11-17(16(19)20)14-5-3-2-4-6-14/h7-10,14H,2-6,11H2,1H3,(H,19,20). The molecule has 1 saturated carbocycles. The SMILES string of the molecule is COC(=O)c1ccc(CN(C(=O)O)C2CCCCC2)cc1. The molecule has 1 N–H and O–H groups in total. The summed E-state index contributed by atoms with van der Waals surface area (Å²) in [7, 11) is 1.34. The number of carbonyl (C=O) groups is 2. The Morgan fingerprint density at radius 1 is 1.19 bits per heavy atom. The van der Waals surface area contributed by atoms with E-state index in [-0.39, 0.29) is 12.0 Å². The van der Waals surface area contributed by atoms with Crippen LogP contribution in [0.15, 0.2) is 24.3 Å². The topological polar surface area (TPSA) is 66.8 Å². The smallest absolute Gasteiger partial charge is 0.407 e. The van der Waals surface area contributed by atoms with Crippen molar-refractivity contribution >= 4 is 12.1 Å². The van der Waals surface area contributed by atoms with Crippen molar-refractivity contribution in [2.24, 2.45) is 0 Å². The monoisotopic (exact) mass is 291 g/mol. The summed E-state index contributed by atoms with van der Waals surface area (Å²) in [6.07, 6.45) is 4.38. The molecule has 0 radical (unpaired) electrons. The Kier molecular flexibility index (Phi) is 5.20. The molecule has 2 rings (SSSR count). The average molecular weight is 291 g/mol. The Bertz CT molecular complexity index is 492. The summed E-state index contributed by atoms with van der Waals surface area (Å²) in [5.74, 6) is -0.385. The zero-order chi connectivity index (χ0) is 15.2. The lowest BCUT2D eigenvalue weighted by Crippen LogP contribution is -2.40. The lowest BCUT2D eigenvalue weighted by Gasteiger charge is -2.32. The third kappa shape index (κ3) is 3.97. The number of amides is 1. The zero-order valence-corrected chi connectivity index (χ0v) is 12.2. The van der Waals surface area contributed by atoms with Crippen LogP contribution in [-0.2, 0) is 11.3 Å². The van der Waals surface area contributed by atoms with E-state index in [0.29, 0.717) is 12.1 Å². The van der Waals surface area contributed by atoms with Crippen molar-refractivity contribution in [3.05, 3.63) is 35.4 Å². The Hall–Kier alpha value is -2.04. The highest BCUT2D eigenvalue weighted by Gasteiger charge is 2.25. The number of hydrogen-bond acceptors (Lipinski definition) is 3. The maximum Gasteiger partial charge on any atom is 0.407 e. The van der Waals surface area contributed by atoms with Crippen LogP contribution in [0.5, 0.6) is 0 Å². The summed E-state index contributed by atoms with van der Waals surface area (Å²) in [6, 6.07) is 7.01. The highest BCUT2D eigenvalue weighted by atomic mass is 16.5. The molecule has 0 aromatic heterocycles. The summed E-state index contributed by atoms with van der Waals surface area (Å²) in [5, 5.41) is 9.42. The highest BCUT2D eigenvalue weighted by molar-refractivity contribution is 5.89. The third-order valence-electron chi connectivity index (χ3n) is 3.99.